The minimum absolute atomic E-state index is 0.144. The summed E-state index contributed by atoms with van der Waals surface area (Å²) in [6.45, 7) is 1.43. The molecule has 3 amide bonds. The minimum atomic E-state index is -1.07. The minimum Gasteiger partial charge on any atom is -0.448 e. The normalized spacial score (nSPS) is 14.7. The number of aromatic nitrogens is 1. The van der Waals surface area contributed by atoms with Crippen LogP contribution in [0.5, 0.6) is 0 Å². The Labute approximate surface area is 142 Å². The molecular formula is C16H17N3O4S. The molecule has 1 saturated carbocycles. The summed E-state index contributed by atoms with van der Waals surface area (Å²) in [4.78, 5) is 36.2. The first kappa shape index (κ1) is 16.3. The molecule has 1 atom stereocenters. The monoisotopic (exact) mass is 347 g/mol. The number of carbonyl (C=O) groups excluding carboxylic acids is 3. The van der Waals surface area contributed by atoms with Gasteiger partial charge < -0.3 is 14.6 Å². The van der Waals surface area contributed by atoms with E-state index >= 15 is 0 Å². The molecule has 3 rings (SSSR count). The molecule has 0 aromatic carbocycles. The number of esters is 1. The fourth-order valence-corrected chi connectivity index (χ4v) is 2.86. The molecule has 0 spiro atoms. The zero-order valence-electron chi connectivity index (χ0n) is 13.0. The van der Waals surface area contributed by atoms with Gasteiger partial charge in [-0.05, 0) is 43.3 Å². The van der Waals surface area contributed by atoms with Gasteiger partial charge in [-0.3, -0.25) is 10.1 Å². The van der Waals surface area contributed by atoms with Gasteiger partial charge in [-0.1, -0.05) is 0 Å². The summed E-state index contributed by atoms with van der Waals surface area (Å²) >= 11 is 1.23. The molecule has 0 saturated heterocycles. The Hall–Kier alpha value is -2.61. The van der Waals surface area contributed by atoms with Gasteiger partial charge in [-0.2, -0.15) is 0 Å². The number of ether oxygens (including phenoxy) is 1. The van der Waals surface area contributed by atoms with Crippen LogP contribution in [0.2, 0.25) is 0 Å². The Balaban J connectivity index is 1.59. The van der Waals surface area contributed by atoms with E-state index in [1.807, 2.05) is 24.5 Å². The van der Waals surface area contributed by atoms with Gasteiger partial charge in [-0.15, -0.1) is 11.3 Å². The summed E-state index contributed by atoms with van der Waals surface area (Å²) in [5.74, 6) is -1.25. The second kappa shape index (κ2) is 6.88. The molecule has 24 heavy (non-hydrogen) atoms. The molecule has 1 unspecified atom stereocenters. The van der Waals surface area contributed by atoms with E-state index in [1.165, 1.54) is 18.3 Å². The van der Waals surface area contributed by atoms with Crippen molar-refractivity contribution in [3.05, 3.63) is 40.8 Å². The number of carbonyl (C=O) groups is 3. The lowest BCUT2D eigenvalue weighted by molar-refractivity contribution is -0.127. The van der Waals surface area contributed by atoms with Crippen molar-refractivity contribution < 1.29 is 19.1 Å². The molecule has 1 fully saturated rings. The van der Waals surface area contributed by atoms with Crippen LogP contribution in [0.15, 0.2) is 36.0 Å². The topological polar surface area (TPSA) is 89.4 Å². The first-order valence-corrected chi connectivity index (χ1v) is 8.45. The van der Waals surface area contributed by atoms with Crippen molar-refractivity contribution in [1.82, 2.24) is 15.2 Å². The van der Waals surface area contributed by atoms with E-state index in [1.54, 1.807) is 16.0 Å². The number of rotatable bonds is 5. The first-order chi connectivity index (χ1) is 11.5. The SMILES string of the molecule is CC(OC(=O)c1sccc1-n1cccc1)C(=O)NC(=O)NC1CC1. The lowest BCUT2D eigenvalue weighted by Gasteiger charge is -2.13. The Morgan fingerprint density at radius 3 is 2.67 bits per heavy atom. The van der Waals surface area contributed by atoms with Crippen LogP contribution in [0.3, 0.4) is 0 Å². The van der Waals surface area contributed by atoms with Crippen LogP contribution in [-0.2, 0) is 9.53 Å². The Kier molecular flexibility index (Phi) is 4.66. The highest BCUT2D eigenvalue weighted by Crippen LogP contribution is 2.23. The third-order valence-corrected chi connectivity index (χ3v) is 4.40. The molecule has 2 heterocycles. The highest BCUT2D eigenvalue weighted by atomic mass is 32.1. The number of urea groups is 1. The third-order valence-electron chi connectivity index (χ3n) is 3.51. The van der Waals surface area contributed by atoms with E-state index in [9.17, 15) is 14.4 Å². The summed E-state index contributed by atoms with van der Waals surface area (Å²) in [6.07, 6.45) is 4.41. The Bertz CT molecular complexity index is 749. The third kappa shape index (κ3) is 3.83. The fraction of sp³-hybridized carbons (Fsp3) is 0.312. The van der Waals surface area contributed by atoms with E-state index < -0.39 is 24.0 Å². The number of hydrogen-bond donors (Lipinski definition) is 2. The molecule has 7 nitrogen and oxygen atoms in total. The molecule has 8 heteroatoms. The van der Waals surface area contributed by atoms with Crippen LogP contribution in [0.1, 0.15) is 29.4 Å². The molecule has 126 valence electrons. The first-order valence-electron chi connectivity index (χ1n) is 7.58. The summed E-state index contributed by atoms with van der Waals surface area (Å²) in [7, 11) is 0. The molecule has 2 aromatic heterocycles. The maximum absolute atomic E-state index is 12.3. The van der Waals surface area contributed by atoms with Crippen LogP contribution in [0.4, 0.5) is 4.79 Å². The second-order valence-electron chi connectivity index (χ2n) is 5.51. The average Bonchev–Trinajstić information content (AvgIpc) is 3.05. The zero-order valence-corrected chi connectivity index (χ0v) is 13.8. The van der Waals surface area contributed by atoms with Gasteiger partial charge in [0.25, 0.3) is 5.91 Å². The smallest absolute Gasteiger partial charge is 0.351 e. The highest BCUT2D eigenvalue weighted by Gasteiger charge is 2.27. The number of nitrogens with one attached hydrogen (secondary N) is 2. The van der Waals surface area contributed by atoms with Gasteiger partial charge in [-0.25, -0.2) is 9.59 Å². The van der Waals surface area contributed by atoms with Gasteiger partial charge in [0.05, 0.1) is 5.69 Å². The molecule has 1 aliphatic carbocycles. The number of thiophene rings is 1. The average molecular weight is 347 g/mol. The number of imide groups is 1. The van der Waals surface area contributed by atoms with Crippen LogP contribution >= 0.6 is 11.3 Å². The summed E-state index contributed by atoms with van der Waals surface area (Å²) < 4.78 is 6.98. The number of amides is 3. The van der Waals surface area contributed by atoms with Crippen molar-refractivity contribution in [1.29, 1.82) is 0 Å². The predicted molar refractivity (Wildman–Crippen MR) is 88.2 cm³/mol. The van der Waals surface area contributed by atoms with E-state index in [4.69, 9.17) is 4.74 Å². The summed E-state index contributed by atoms with van der Waals surface area (Å²) in [5, 5.41) is 6.59. The molecule has 2 aromatic rings. The van der Waals surface area contributed by atoms with Crippen molar-refractivity contribution in [2.75, 3.05) is 0 Å². The summed E-state index contributed by atoms with van der Waals surface area (Å²) in [5.41, 5.74) is 0.689. The molecule has 1 aliphatic rings. The van der Waals surface area contributed by atoms with Gasteiger partial charge in [0, 0.05) is 18.4 Å². The lowest BCUT2D eigenvalue weighted by atomic mass is 10.3. The van der Waals surface area contributed by atoms with Gasteiger partial charge >= 0.3 is 12.0 Å². The maximum Gasteiger partial charge on any atom is 0.351 e. The summed E-state index contributed by atoms with van der Waals surface area (Å²) in [6, 6.07) is 5.08. The van der Waals surface area contributed by atoms with Gasteiger partial charge in [0.1, 0.15) is 4.88 Å². The van der Waals surface area contributed by atoms with Crippen molar-refractivity contribution in [2.45, 2.75) is 31.9 Å². The second-order valence-corrected chi connectivity index (χ2v) is 6.43. The molecule has 0 bridgehead atoms. The molecular weight excluding hydrogens is 330 g/mol. The van der Waals surface area contributed by atoms with Gasteiger partial charge in [0.15, 0.2) is 6.10 Å². The number of hydrogen-bond acceptors (Lipinski definition) is 5. The van der Waals surface area contributed by atoms with Crippen LogP contribution in [0, 0.1) is 0 Å². The highest BCUT2D eigenvalue weighted by molar-refractivity contribution is 7.12. The standard InChI is InChI=1S/C16H17N3O4S/c1-10(14(20)18-16(22)17-11-4-5-11)23-15(21)13-12(6-9-24-13)19-7-2-3-8-19/h2-3,6-11H,4-5H2,1H3,(H2,17,18,20,22). The van der Waals surface area contributed by atoms with E-state index in [2.05, 4.69) is 10.6 Å². The van der Waals surface area contributed by atoms with Crippen molar-refractivity contribution >= 4 is 29.2 Å². The van der Waals surface area contributed by atoms with Crippen molar-refractivity contribution in [3.63, 3.8) is 0 Å². The number of nitrogens with zero attached hydrogens (tertiary/aromatic N) is 1. The van der Waals surface area contributed by atoms with Crippen LogP contribution in [-0.4, -0.2) is 34.6 Å². The Morgan fingerprint density at radius 2 is 2.00 bits per heavy atom. The Morgan fingerprint density at radius 1 is 1.29 bits per heavy atom. The predicted octanol–water partition coefficient (Wildman–Crippen LogP) is 2.07. The van der Waals surface area contributed by atoms with Crippen LogP contribution in [0.25, 0.3) is 5.69 Å². The molecule has 2 N–H and O–H groups in total. The van der Waals surface area contributed by atoms with E-state index in [-0.39, 0.29) is 6.04 Å². The van der Waals surface area contributed by atoms with Crippen LogP contribution < -0.4 is 10.6 Å². The van der Waals surface area contributed by atoms with Crippen molar-refractivity contribution in [3.8, 4) is 5.69 Å². The van der Waals surface area contributed by atoms with E-state index in [0.29, 0.717) is 10.6 Å². The quantitative estimate of drug-likeness (QED) is 0.810. The molecule has 0 aliphatic heterocycles. The largest absolute Gasteiger partial charge is 0.448 e. The lowest BCUT2D eigenvalue weighted by Crippen LogP contribution is -2.45. The van der Waals surface area contributed by atoms with E-state index in [0.717, 1.165) is 12.8 Å². The molecule has 0 radical (unpaired) electrons. The van der Waals surface area contributed by atoms with Gasteiger partial charge in [0.2, 0.25) is 0 Å². The zero-order chi connectivity index (χ0) is 17.1. The maximum atomic E-state index is 12.3. The van der Waals surface area contributed by atoms with Crippen molar-refractivity contribution in [2.24, 2.45) is 0 Å². The fourth-order valence-electron chi connectivity index (χ4n) is 2.08.